The predicted molar refractivity (Wildman–Crippen MR) is 120 cm³/mol. The Bertz CT molecular complexity index is 1400. The summed E-state index contributed by atoms with van der Waals surface area (Å²) in [6.45, 7) is 1.73. The molecule has 2 fully saturated rings. The van der Waals surface area contributed by atoms with E-state index < -0.39 is 18.4 Å². The van der Waals surface area contributed by atoms with E-state index in [2.05, 4.69) is 19.9 Å². The highest BCUT2D eigenvalue weighted by molar-refractivity contribution is 7.18. The molecule has 4 aromatic rings. The number of hydrogen-bond acceptors (Lipinski definition) is 6. The molecule has 1 atom stereocenters. The molecule has 6 nitrogen and oxygen atoms in total. The Morgan fingerprint density at radius 3 is 2.91 bits per heavy atom. The molecule has 10 heteroatoms. The zero-order valence-electron chi connectivity index (χ0n) is 17.6. The molecule has 3 aromatic heterocycles. The first-order valence-electron chi connectivity index (χ1n) is 10.9. The molecule has 1 aromatic carbocycles. The van der Waals surface area contributed by atoms with Gasteiger partial charge in [-0.2, -0.15) is 13.2 Å². The molecule has 1 aliphatic carbocycles. The third kappa shape index (κ3) is 3.90. The van der Waals surface area contributed by atoms with Crippen molar-refractivity contribution >= 4 is 38.5 Å². The van der Waals surface area contributed by atoms with Crippen molar-refractivity contribution in [3.63, 3.8) is 0 Å². The van der Waals surface area contributed by atoms with Crippen molar-refractivity contribution in [2.75, 3.05) is 18.0 Å². The summed E-state index contributed by atoms with van der Waals surface area (Å²) in [6, 6.07) is 7.47. The molecule has 1 saturated heterocycles. The highest BCUT2D eigenvalue weighted by atomic mass is 32.1. The summed E-state index contributed by atoms with van der Waals surface area (Å²) in [5.41, 5.74) is 2.70. The number of rotatable bonds is 4. The number of thiophene rings is 1. The normalized spacial score (nSPS) is 20.2. The van der Waals surface area contributed by atoms with Crippen molar-refractivity contribution in [1.82, 2.24) is 15.0 Å². The van der Waals surface area contributed by atoms with Gasteiger partial charge in [0.05, 0.1) is 17.3 Å². The minimum Gasteiger partial charge on any atom is -0.408 e. The summed E-state index contributed by atoms with van der Waals surface area (Å²) in [5.74, 6) is 0.860. The van der Waals surface area contributed by atoms with Crippen molar-refractivity contribution in [2.45, 2.75) is 38.3 Å². The van der Waals surface area contributed by atoms with E-state index in [-0.39, 0.29) is 10.3 Å². The van der Waals surface area contributed by atoms with Crippen LogP contribution in [0.1, 0.15) is 29.7 Å². The molecule has 1 saturated carbocycles. The predicted octanol–water partition coefficient (Wildman–Crippen LogP) is 5.08. The number of fused-ring (bicyclic) bond motifs is 2. The Balaban J connectivity index is 1.14. The Labute approximate surface area is 190 Å². The number of halogens is 3. The Morgan fingerprint density at radius 2 is 2.09 bits per heavy atom. The lowest BCUT2D eigenvalue weighted by molar-refractivity contribution is -0.126. The van der Waals surface area contributed by atoms with Crippen LogP contribution < -0.4 is 10.7 Å². The van der Waals surface area contributed by atoms with Crippen LogP contribution in [0.15, 0.2) is 39.8 Å². The largest absolute Gasteiger partial charge is 0.417 e. The zero-order chi connectivity index (χ0) is 22.8. The molecule has 2 aliphatic rings. The van der Waals surface area contributed by atoms with E-state index in [1.807, 2.05) is 18.2 Å². The highest BCUT2D eigenvalue weighted by Gasteiger charge is 2.48. The van der Waals surface area contributed by atoms with Crippen LogP contribution in [0.3, 0.4) is 0 Å². The Morgan fingerprint density at radius 1 is 1.24 bits per heavy atom. The van der Waals surface area contributed by atoms with Gasteiger partial charge in [0, 0.05) is 23.4 Å². The molecule has 4 heterocycles. The number of oxazole rings is 1. The van der Waals surface area contributed by atoms with Crippen molar-refractivity contribution in [1.29, 1.82) is 0 Å². The molecule has 0 amide bonds. The first kappa shape index (κ1) is 20.7. The van der Waals surface area contributed by atoms with Gasteiger partial charge in [0.15, 0.2) is 5.58 Å². The van der Waals surface area contributed by atoms with Crippen molar-refractivity contribution in [2.24, 2.45) is 11.3 Å². The van der Waals surface area contributed by atoms with Gasteiger partial charge >= 0.3 is 11.9 Å². The lowest BCUT2D eigenvalue weighted by Crippen LogP contribution is -2.55. The average Bonchev–Trinajstić information content (AvgIpc) is 3.40. The van der Waals surface area contributed by atoms with E-state index in [0.717, 1.165) is 61.5 Å². The molecule has 33 heavy (non-hydrogen) atoms. The first-order valence-corrected chi connectivity index (χ1v) is 11.7. The number of aromatic nitrogens is 3. The highest BCUT2D eigenvalue weighted by Crippen LogP contribution is 2.51. The lowest BCUT2D eigenvalue weighted by Gasteiger charge is -2.49. The van der Waals surface area contributed by atoms with Gasteiger partial charge in [0.25, 0.3) is 0 Å². The van der Waals surface area contributed by atoms with Crippen LogP contribution in [-0.4, -0.2) is 34.2 Å². The standard InChI is InChI=1S/C23H21F3N4O2S/c24-23(25,26)9-15-7-16-19(27-12-28-20(16)33-15)30-10-22(11-30)4-3-14(8-22)5-13-1-2-17-18(6-13)32-21(31)29-17/h1-2,6-7,12,14H,3-5,8-11H2,(H,29,31)/t14-/m1/s1. The van der Waals surface area contributed by atoms with Crippen LogP contribution in [0.5, 0.6) is 0 Å². The van der Waals surface area contributed by atoms with Crippen LogP contribution >= 0.6 is 11.3 Å². The molecule has 1 N–H and O–H groups in total. The number of nitrogens with zero attached hydrogens (tertiary/aromatic N) is 3. The number of H-pyrrole nitrogens is 1. The molecule has 1 spiro atoms. The average molecular weight is 475 g/mol. The molecule has 0 bridgehead atoms. The topological polar surface area (TPSA) is 75.0 Å². The second-order valence-corrected chi connectivity index (χ2v) is 10.6. The molecule has 6 rings (SSSR count). The fourth-order valence-electron chi connectivity index (χ4n) is 5.58. The third-order valence-electron chi connectivity index (χ3n) is 6.90. The molecular weight excluding hydrogens is 453 g/mol. The molecule has 0 unspecified atom stereocenters. The fourth-order valence-corrected chi connectivity index (χ4v) is 6.60. The van der Waals surface area contributed by atoms with Gasteiger partial charge in [0.2, 0.25) is 0 Å². The summed E-state index contributed by atoms with van der Waals surface area (Å²) in [6.07, 6.45) is 0.598. The minimum atomic E-state index is -4.23. The van der Waals surface area contributed by atoms with E-state index in [4.69, 9.17) is 4.42 Å². The van der Waals surface area contributed by atoms with Crippen LogP contribution in [-0.2, 0) is 12.8 Å². The summed E-state index contributed by atoms with van der Waals surface area (Å²) >= 11 is 1.09. The van der Waals surface area contributed by atoms with Crippen molar-refractivity contribution in [3.05, 3.63) is 51.6 Å². The molecule has 0 radical (unpaired) electrons. The Hall–Kier alpha value is -2.88. The number of hydrogen-bond donors (Lipinski definition) is 1. The summed E-state index contributed by atoms with van der Waals surface area (Å²) in [4.78, 5) is 25.7. The van der Waals surface area contributed by atoms with Gasteiger partial charge in [-0.15, -0.1) is 11.3 Å². The van der Waals surface area contributed by atoms with Crippen LogP contribution in [0.2, 0.25) is 0 Å². The second-order valence-electron chi connectivity index (χ2n) is 9.43. The van der Waals surface area contributed by atoms with Gasteiger partial charge in [-0.1, -0.05) is 6.07 Å². The summed E-state index contributed by atoms with van der Waals surface area (Å²) in [5, 5.41) is 0.715. The quantitative estimate of drug-likeness (QED) is 0.447. The number of anilines is 1. The van der Waals surface area contributed by atoms with E-state index >= 15 is 0 Å². The van der Waals surface area contributed by atoms with E-state index in [9.17, 15) is 18.0 Å². The minimum absolute atomic E-state index is 0.234. The van der Waals surface area contributed by atoms with E-state index in [0.29, 0.717) is 27.2 Å². The maximum Gasteiger partial charge on any atom is 0.417 e. The zero-order valence-corrected chi connectivity index (χ0v) is 18.4. The summed E-state index contributed by atoms with van der Waals surface area (Å²) < 4.78 is 43.6. The monoisotopic (exact) mass is 474 g/mol. The lowest BCUT2D eigenvalue weighted by atomic mass is 9.77. The Kier molecular flexibility index (Phi) is 4.59. The van der Waals surface area contributed by atoms with Crippen LogP contribution in [0.4, 0.5) is 19.0 Å². The second kappa shape index (κ2) is 7.31. The van der Waals surface area contributed by atoms with Crippen molar-refractivity contribution in [3.8, 4) is 0 Å². The number of nitrogens with one attached hydrogen (secondary N) is 1. The third-order valence-corrected chi connectivity index (χ3v) is 7.94. The van der Waals surface area contributed by atoms with Gasteiger partial charge in [0.1, 0.15) is 17.0 Å². The number of alkyl halides is 3. The molecule has 172 valence electrons. The SMILES string of the molecule is O=c1[nH]c2ccc(C[C@H]3CCC4(C3)CN(c3ncnc5sc(CC(F)(F)F)cc35)C4)cc2o1. The van der Waals surface area contributed by atoms with E-state index in [1.54, 1.807) is 6.07 Å². The van der Waals surface area contributed by atoms with Gasteiger partial charge in [-0.05, 0) is 55.4 Å². The van der Waals surface area contributed by atoms with Crippen LogP contribution in [0, 0.1) is 11.3 Å². The first-order chi connectivity index (χ1) is 15.8. The number of benzene rings is 1. The van der Waals surface area contributed by atoms with Gasteiger partial charge in [-0.3, -0.25) is 4.98 Å². The van der Waals surface area contributed by atoms with Crippen LogP contribution in [0.25, 0.3) is 21.3 Å². The summed E-state index contributed by atoms with van der Waals surface area (Å²) in [7, 11) is 0. The molecular formula is C23H21F3N4O2S. The smallest absolute Gasteiger partial charge is 0.408 e. The fraction of sp³-hybridized carbons (Fsp3) is 0.435. The van der Waals surface area contributed by atoms with E-state index in [1.165, 1.54) is 6.33 Å². The maximum atomic E-state index is 12.8. The van der Waals surface area contributed by atoms with Crippen molar-refractivity contribution < 1.29 is 17.6 Å². The van der Waals surface area contributed by atoms with Gasteiger partial charge < -0.3 is 9.32 Å². The van der Waals surface area contributed by atoms with Gasteiger partial charge in [-0.25, -0.2) is 14.8 Å². The maximum absolute atomic E-state index is 12.8. The number of aromatic amines is 1. The molecule has 1 aliphatic heterocycles.